The number of piperidine rings is 2. The summed E-state index contributed by atoms with van der Waals surface area (Å²) in [4.78, 5) is 11.3. The molecule has 2 aliphatic rings. The molecule has 0 amide bonds. The average molecular weight is 274 g/mol. The van der Waals surface area contributed by atoms with Gasteiger partial charge in [0.05, 0.1) is 0 Å². The lowest BCUT2D eigenvalue weighted by molar-refractivity contribution is 0.0608. The molecule has 4 heteroatoms. The maximum absolute atomic E-state index is 4.39. The van der Waals surface area contributed by atoms with Crippen LogP contribution in [-0.2, 0) is 6.42 Å². The second-order valence-electron chi connectivity index (χ2n) is 6.36. The first-order valence-electron chi connectivity index (χ1n) is 8.05. The van der Waals surface area contributed by atoms with Crippen LogP contribution in [0.5, 0.6) is 0 Å². The molecule has 2 bridgehead atoms. The Morgan fingerprint density at radius 3 is 2.70 bits per heavy atom. The maximum atomic E-state index is 4.39. The topological polar surface area (TPSA) is 41.0 Å². The molecule has 1 N–H and O–H groups in total. The summed E-state index contributed by atoms with van der Waals surface area (Å²) in [6.07, 6.45) is 10.5. The summed E-state index contributed by atoms with van der Waals surface area (Å²) < 4.78 is 0. The molecule has 0 radical (unpaired) electrons. The van der Waals surface area contributed by atoms with E-state index < -0.39 is 0 Å². The number of fused-ring (bicyclic) bond motifs is 2. The molecule has 110 valence electrons. The van der Waals surface area contributed by atoms with E-state index in [1.807, 2.05) is 0 Å². The molecule has 0 spiro atoms. The van der Waals surface area contributed by atoms with Gasteiger partial charge in [-0.05, 0) is 39.2 Å². The van der Waals surface area contributed by atoms with Crippen LogP contribution in [0.4, 0.5) is 5.82 Å². The molecule has 2 atom stereocenters. The predicted molar refractivity (Wildman–Crippen MR) is 81.9 cm³/mol. The van der Waals surface area contributed by atoms with Crippen molar-refractivity contribution in [2.45, 2.75) is 70.0 Å². The van der Waals surface area contributed by atoms with Crippen LogP contribution < -0.4 is 5.32 Å². The quantitative estimate of drug-likeness (QED) is 0.916. The van der Waals surface area contributed by atoms with E-state index in [4.69, 9.17) is 0 Å². The summed E-state index contributed by atoms with van der Waals surface area (Å²) in [7, 11) is 2.30. The van der Waals surface area contributed by atoms with Gasteiger partial charge in [-0.15, -0.1) is 0 Å². The fourth-order valence-corrected chi connectivity index (χ4v) is 3.81. The average Bonchev–Trinajstić information content (AvgIpc) is 2.41. The van der Waals surface area contributed by atoms with E-state index in [1.165, 1.54) is 32.1 Å². The van der Waals surface area contributed by atoms with Crippen molar-refractivity contribution in [3.8, 4) is 0 Å². The van der Waals surface area contributed by atoms with Crippen molar-refractivity contribution in [3.63, 3.8) is 0 Å². The highest BCUT2D eigenvalue weighted by Crippen LogP contribution is 2.33. The van der Waals surface area contributed by atoms with Crippen LogP contribution in [0.3, 0.4) is 0 Å². The number of rotatable bonds is 4. The second kappa shape index (κ2) is 6.08. The number of aryl methyl sites for hydroxylation is 1. The number of nitrogens with zero attached hydrogens (tertiary/aromatic N) is 3. The SMILES string of the molecule is CCCc1cc(NC2CC3CCCC(C2)N3C)ncn1. The van der Waals surface area contributed by atoms with Gasteiger partial charge in [-0.1, -0.05) is 19.8 Å². The number of hydrogen-bond acceptors (Lipinski definition) is 4. The molecule has 3 heterocycles. The lowest BCUT2D eigenvalue weighted by Crippen LogP contribution is -2.52. The Balaban J connectivity index is 1.64. The van der Waals surface area contributed by atoms with E-state index in [9.17, 15) is 0 Å². The monoisotopic (exact) mass is 274 g/mol. The minimum absolute atomic E-state index is 0.575. The summed E-state index contributed by atoms with van der Waals surface area (Å²) in [5.74, 6) is 1.01. The third kappa shape index (κ3) is 2.95. The summed E-state index contributed by atoms with van der Waals surface area (Å²) in [6.45, 7) is 2.19. The molecule has 20 heavy (non-hydrogen) atoms. The molecule has 4 nitrogen and oxygen atoms in total. The van der Waals surface area contributed by atoms with Crippen LogP contribution >= 0.6 is 0 Å². The highest BCUT2D eigenvalue weighted by atomic mass is 15.2. The van der Waals surface area contributed by atoms with Crippen molar-refractivity contribution in [3.05, 3.63) is 18.1 Å². The van der Waals surface area contributed by atoms with Gasteiger partial charge < -0.3 is 10.2 Å². The number of anilines is 1. The zero-order valence-electron chi connectivity index (χ0n) is 12.7. The lowest BCUT2D eigenvalue weighted by Gasteiger charge is -2.47. The van der Waals surface area contributed by atoms with Crippen LogP contribution in [0.15, 0.2) is 12.4 Å². The van der Waals surface area contributed by atoms with Crippen molar-refractivity contribution < 1.29 is 0 Å². The van der Waals surface area contributed by atoms with Crippen molar-refractivity contribution in [2.75, 3.05) is 12.4 Å². The zero-order chi connectivity index (χ0) is 13.9. The Kier molecular flexibility index (Phi) is 4.20. The molecular formula is C16H26N4. The summed E-state index contributed by atoms with van der Waals surface area (Å²) in [6, 6.07) is 4.22. The first-order valence-corrected chi connectivity index (χ1v) is 8.05. The number of nitrogens with one attached hydrogen (secondary N) is 1. The molecule has 2 unspecified atom stereocenters. The zero-order valence-corrected chi connectivity index (χ0v) is 12.7. The molecule has 1 aromatic heterocycles. The highest BCUT2D eigenvalue weighted by molar-refractivity contribution is 5.36. The van der Waals surface area contributed by atoms with Gasteiger partial charge in [0.15, 0.2) is 0 Å². The summed E-state index contributed by atoms with van der Waals surface area (Å²) >= 11 is 0. The number of hydrogen-bond donors (Lipinski definition) is 1. The number of aromatic nitrogens is 2. The van der Waals surface area contributed by atoms with Gasteiger partial charge in [0.25, 0.3) is 0 Å². The Morgan fingerprint density at radius 2 is 2.00 bits per heavy atom. The van der Waals surface area contributed by atoms with Gasteiger partial charge in [0, 0.05) is 29.9 Å². The second-order valence-corrected chi connectivity index (χ2v) is 6.36. The normalized spacial score (nSPS) is 30.2. The first kappa shape index (κ1) is 13.8. The third-order valence-corrected chi connectivity index (χ3v) is 4.92. The molecule has 3 rings (SSSR count). The van der Waals surface area contributed by atoms with Crippen molar-refractivity contribution >= 4 is 5.82 Å². The minimum atomic E-state index is 0.575. The molecule has 2 saturated heterocycles. The van der Waals surface area contributed by atoms with Gasteiger partial charge in [-0.2, -0.15) is 0 Å². The van der Waals surface area contributed by atoms with Crippen LogP contribution in [-0.4, -0.2) is 40.0 Å². The minimum Gasteiger partial charge on any atom is -0.367 e. The summed E-state index contributed by atoms with van der Waals surface area (Å²) in [5.41, 5.74) is 1.15. The van der Waals surface area contributed by atoms with Gasteiger partial charge in [0.1, 0.15) is 12.1 Å². The van der Waals surface area contributed by atoms with Gasteiger partial charge >= 0.3 is 0 Å². The molecule has 2 aliphatic heterocycles. The lowest BCUT2D eigenvalue weighted by atomic mass is 9.82. The van der Waals surface area contributed by atoms with E-state index >= 15 is 0 Å². The molecule has 0 aromatic carbocycles. The van der Waals surface area contributed by atoms with E-state index in [0.717, 1.165) is 36.4 Å². The van der Waals surface area contributed by atoms with Crippen molar-refractivity contribution in [2.24, 2.45) is 0 Å². The Labute approximate surface area is 122 Å². The maximum Gasteiger partial charge on any atom is 0.129 e. The molecule has 2 fully saturated rings. The smallest absolute Gasteiger partial charge is 0.129 e. The van der Waals surface area contributed by atoms with E-state index in [1.54, 1.807) is 6.33 Å². The van der Waals surface area contributed by atoms with Crippen LogP contribution in [0.2, 0.25) is 0 Å². The van der Waals surface area contributed by atoms with Crippen molar-refractivity contribution in [1.82, 2.24) is 14.9 Å². The van der Waals surface area contributed by atoms with E-state index in [0.29, 0.717) is 6.04 Å². The van der Waals surface area contributed by atoms with Crippen LogP contribution in [0.25, 0.3) is 0 Å². The van der Waals surface area contributed by atoms with Crippen LogP contribution in [0.1, 0.15) is 51.1 Å². The fourth-order valence-electron chi connectivity index (χ4n) is 3.81. The largest absolute Gasteiger partial charge is 0.367 e. The Hall–Kier alpha value is -1.16. The van der Waals surface area contributed by atoms with Gasteiger partial charge in [0.2, 0.25) is 0 Å². The first-order chi connectivity index (χ1) is 9.76. The molecule has 1 aromatic rings. The van der Waals surface area contributed by atoms with Crippen molar-refractivity contribution in [1.29, 1.82) is 0 Å². The van der Waals surface area contributed by atoms with Gasteiger partial charge in [-0.3, -0.25) is 0 Å². The Morgan fingerprint density at radius 1 is 1.25 bits per heavy atom. The molecule has 0 aliphatic carbocycles. The molecule has 0 saturated carbocycles. The fraction of sp³-hybridized carbons (Fsp3) is 0.750. The predicted octanol–water partition coefficient (Wildman–Crippen LogP) is 2.86. The van der Waals surface area contributed by atoms with E-state index in [2.05, 4.69) is 40.2 Å². The standard InChI is InChI=1S/C16H26N4/c1-3-5-12-10-16(18-11-17-12)19-13-8-14-6-4-7-15(9-13)20(14)2/h10-11,13-15H,3-9H2,1-2H3,(H,17,18,19). The van der Waals surface area contributed by atoms with Gasteiger partial charge in [-0.25, -0.2) is 9.97 Å². The Bertz CT molecular complexity index is 434. The third-order valence-electron chi connectivity index (χ3n) is 4.92. The molecular weight excluding hydrogens is 248 g/mol. The van der Waals surface area contributed by atoms with Crippen LogP contribution in [0, 0.1) is 0 Å². The highest BCUT2D eigenvalue weighted by Gasteiger charge is 2.35. The summed E-state index contributed by atoms with van der Waals surface area (Å²) in [5, 5.41) is 3.65. The van der Waals surface area contributed by atoms with E-state index in [-0.39, 0.29) is 0 Å².